The molecule has 2 atom stereocenters. The summed E-state index contributed by atoms with van der Waals surface area (Å²) in [5.41, 5.74) is 0.861. The molecule has 0 aliphatic heterocycles. The maximum atomic E-state index is 2.44. The molecule has 2 rings (SSSR count). The van der Waals surface area contributed by atoms with E-state index in [0.29, 0.717) is 0 Å². The van der Waals surface area contributed by atoms with E-state index in [1.165, 1.54) is 19.3 Å². The van der Waals surface area contributed by atoms with Crippen LogP contribution < -0.4 is 0 Å². The van der Waals surface area contributed by atoms with Gasteiger partial charge in [-0.25, -0.2) is 0 Å². The molecule has 0 heterocycles. The van der Waals surface area contributed by atoms with Crippen molar-refractivity contribution >= 4 is 0 Å². The first-order chi connectivity index (χ1) is 3.31. The van der Waals surface area contributed by atoms with E-state index in [2.05, 4.69) is 6.92 Å². The van der Waals surface area contributed by atoms with Gasteiger partial charge in [0.1, 0.15) is 0 Å². The summed E-state index contributed by atoms with van der Waals surface area (Å²) in [6.45, 7) is 2.44. The highest BCUT2D eigenvalue weighted by molar-refractivity contribution is 5.02. The molecule has 2 aliphatic rings. The van der Waals surface area contributed by atoms with Crippen molar-refractivity contribution in [1.29, 1.82) is 0 Å². The number of hydrogen-bond donors (Lipinski definition) is 0. The number of fused-ring (bicyclic) bond motifs is 1. The van der Waals surface area contributed by atoms with Crippen molar-refractivity contribution < 1.29 is 0 Å². The predicted molar refractivity (Wildman–Crippen MR) is 30.1 cm³/mol. The Labute approximate surface area is 44.9 Å². The molecule has 0 saturated heterocycles. The standard InChI is InChI=1S/C7H12/c1-7-4-2-3-6(7)5-7/h6H,2-5H2,1H3/t6-,7+/m0/s1. The van der Waals surface area contributed by atoms with Gasteiger partial charge >= 0.3 is 0 Å². The second kappa shape index (κ2) is 0.888. The van der Waals surface area contributed by atoms with Crippen molar-refractivity contribution in [2.24, 2.45) is 11.3 Å². The predicted octanol–water partition coefficient (Wildman–Crippen LogP) is 2.20. The smallest absolute Gasteiger partial charge is 0.0294 e. The van der Waals surface area contributed by atoms with Gasteiger partial charge in [0.05, 0.1) is 0 Å². The van der Waals surface area contributed by atoms with E-state index in [1.807, 2.05) is 0 Å². The first-order valence-corrected chi connectivity index (χ1v) is 3.31. The molecule has 0 aromatic carbocycles. The lowest BCUT2D eigenvalue weighted by atomic mass is 10.1. The largest absolute Gasteiger partial charge is 0.0594 e. The minimum atomic E-state index is 0.861. The van der Waals surface area contributed by atoms with Gasteiger partial charge in [-0.2, -0.15) is 0 Å². The van der Waals surface area contributed by atoms with Crippen molar-refractivity contribution in [3.8, 4) is 0 Å². The van der Waals surface area contributed by atoms with E-state index in [0.717, 1.165) is 11.3 Å². The van der Waals surface area contributed by atoms with Crippen LogP contribution in [0.15, 0.2) is 0 Å². The molecule has 0 amide bonds. The van der Waals surface area contributed by atoms with E-state index in [9.17, 15) is 0 Å². The molecule has 40 valence electrons. The van der Waals surface area contributed by atoms with Crippen LogP contribution in [-0.2, 0) is 0 Å². The van der Waals surface area contributed by atoms with Crippen molar-refractivity contribution in [3.63, 3.8) is 0 Å². The summed E-state index contributed by atoms with van der Waals surface area (Å²) in [7, 11) is 0. The third-order valence-electron chi connectivity index (χ3n) is 2.84. The zero-order valence-electron chi connectivity index (χ0n) is 4.91. The van der Waals surface area contributed by atoms with Gasteiger partial charge in [0.15, 0.2) is 0 Å². The molecular weight excluding hydrogens is 84.1 g/mol. The molecule has 0 aromatic heterocycles. The topological polar surface area (TPSA) is 0 Å². The first-order valence-electron chi connectivity index (χ1n) is 3.31. The second-order valence-electron chi connectivity index (χ2n) is 3.45. The highest BCUT2D eigenvalue weighted by Crippen LogP contribution is 2.62. The molecule has 2 fully saturated rings. The van der Waals surface area contributed by atoms with Crippen LogP contribution in [0, 0.1) is 11.3 Å². The third kappa shape index (κ3) is 0.375. The summed E-state index contributed by atoms with van der Waals surface area (Å²) in [6, 6.07) is 0. The van der Waals surface area contributed by atoms with Gasteiger partial charge in [-0.1, -0.05) is 13.3 Å². The van der Waals surface area contributed by atoms with E-state index in [4.69, 9.17) is 0 Å². The fourth-order valence-corrected chi connectivity index (χ4v) is 2.01. The zero-order valence-corrected chi connectivity index (χ0v) is 4.91. The fraction of sp³-hybridized carbons (Fsp3) is 1.00. The molecular formula is C7H12. The summed E-state index contributed by atoms with van der Waals surface area (Å²) in [5, 5.41) is 0. The Morgan fingerprint density at radius 3 is 2.57 bits per heavy atom. The molecule has 0 heteroatoms. The normalized spacial score (nSPS) is 57.0. The van der Waals surface area contributed by atoms with E-state index >= 15 is 0 Å². The average molecular weight is 96.2 g/mol. The third-order valence-corrected chi connectivity index (χ3v) is 2.84. The van der Waals surface area contributed by atoms with Crippen LogP contribution in [0.3, 0.4) is 0 Å². The summed E-state index contributed by atoms with van der Waals surface area (Å²) in [5.74, 6) is 1.16. The Morgan fingerprint density at radius 1 is 1.57 bits per heavy atom. The molecule has 2 aliphatic carbocycles. The molecule has 0 N–H and O–H groups in total. The minimum absolute atomic E-state index is 0.861. The van der Waals surface area contributed by atoms with Gasteiger partial charge in [-0.05, 0) is 30.6 Å². The molecule has 0 spiro atoms. The lowest BCUT2D eigenvalue weighted by molar-refractivity contribution is 0.547. The molecule has 0 aromatic rings. The maximum absolute atomic E-state index is 2.44. The van der Waals surface area contributed by atoms with Crippen LogP contribution in [0.25, 0.3) is 0 Å². The molecule has 0 bridgehead atoms. The fourth-order valence-electron chi connectivity index (χ4n) is 2.01. The molecule has 0 nitrogen and oxygen atoms in total. The Bertz CT molecular complexity index is 94.2. The van der Waals surface area contributed by atoms with E-state index in [-0.39, 0.29) is 0 Å². The summed E-state index contributed by atoms with van der Waals surface area (Å²) in [6.07, 6.45) is 6.13. The summed E-state index contributed by atoms with van der Waals surface area (Å²) in [4.78, 5) is 0. The van der Waals surface area contributed by atoms with Crippen LogP contribution in [0.4, 0.5) is 0 Å². The van der Waals surface area contributed by atoms with E-state index in [1.54, 1.807) is 6.42 Å². The molecule has 0 unspecified atom stereocenters. The van der Waals surface area contributed by atoms with Gasteiger partial charge in [-0.3, -0.25) is 0 Å². The lowest BCUT2D eigenvalue weighted by Crippen LogP contribution is -1.85. The average Bonchev–Trinajstić information content (AvgIpc) is 2.09. The summed E-state index contributed by atoms with van der Waals surface area (Å²) >= 11 is 0. The van der Waals surface area contributed by atoms with Gasteiger partial charge in [0, 0.05) is 0 Å². The Hall–Kier alpha value is 0. The highest BCUT2D eigenvalue weighted by Gasteiger charge is 2.52. The highest BCUT2D eigenvalue weighted by atomic mass is 14.6. The Kier molecular flexibility index (Phi) is 0.499. The molecule has 7 heavy (non-hydrogen) atoms. The van der Waals surface area contributed by atoms with Crippen LogP contribution >= 0.6 is 0 Å². The lowest BCUT2D eigenvalue weighted by Gasteiger charge is -1.96. The van der Waals surface area contributed by atoms with Crippen molar-refractivity contribution in [3.05, 3.63) is 0 Å². The van der Waals surface area contributed by atoms with Gasteiger partial charge in [0.2, 0.25) is 0 Å². The van der Waals surface area contributed by atoms with Gasteiger partial charge in [0.25, 0.3) is 0 Å². The maximum Gasteiger partial charge on any atom is -0.0294 e. The first kappa shape index (κ1) is 3.94. The quantitative estimate of drug-likeness (QED) is 0.433. The van der Waals surface area contributed by atoms with Crippen LogP contribution in [0.1, 0.15) is 32.6 Å². The number of rotatable bonds is 0. The zero-order chi connectivity index (χ0) is 4.91. The van der Waals surface area contributed by atoms with Crippen molar-refractivity contribution in [2.75, 3.05) is 0 Å². The van der Waals surface area contributed by atoms with Crippen molar-refractivity contribution in [2.45, 2.75) is 32.6 Å². The SMILES string of the molecule is C[C@]12CCC[C@H]1C2. The minimum Gasteiger partial charge on any atom is -0.0594 e. The van der Waals surface area contributed by atoms with Gasteiger partial charge in [-0.15, -0.1) is 0 Å². The second-order valence-corrected chi connectivity index (χ2v) is 3.45. The number of hydrogen-bond acceptors (Lipinski definition) is 0. The monoisotopic (exact) mass is 96.1 g/mol. The van der Waals surface area contributed by atoms with Crippen LogP contribution in [0.2, 0.25) is 0 Å². The Balaban J connectivity index is 2.17. The van der Waals surface area contributed by atoms with Crippen molar-refractivity contribution in [1.82, 2.24) is 0 Å². The van der Waals surface area contributed by atoms with Crippen LogP contribution in [0.5, 0.6) is 0 Å². The molecule has 0 radical (unpaired) electrons. The Morgan fingerprint density at radius 2 is 2.43 bits per heavy atom. The van der Waals surface area contributed by atoms with Gasteiger partial charge < -0.3 is 0 Å². The van der Waals surface area contributed by atoms with Crippen LogP contribution in [-0.4, -0.2) is 0 Å². The summed E-state index contributed by atoms with van der Waals surface area (Å²) < 4.78 is 0. The van der Waals surface area contributed by atoms with E-state index < -0.39 is 0 Å². The molecule has 2 saturated carbocycles.